The Balaban J connectivity index is 2.24. The molecule has 1 unspecified atom stereocenters. The van der Waals surface area contributed by atoms with E-state index in [9.17, 15) is 8.42 Å². The SMILES string of the molecule is Cc1ccc(C(N)CS(=O)(=O)c2ccc(Cl)c(Cl)c2)cc1. The van der Waals surface area contributed by atoms with Crippen LogP contribution in [0.3, 0.4) is 0 Å². The lowest BCUT2D eigenvalue weighted by Gasteiger charge is -2.13. The van der Waals surface area contributed by atoms with E-state index >= 15 is 0 Å². The van der Waals surface area contributed by atoms with Gasteiger partial charge in [-0.3, -0.25) is 0 Å². The van der Waals surface area contributed by atoms with Crippen molar-refractivity contribution in [1.29, 1.82) is 0 Å². The van der Waals surface area contributed by atoms with Crippen LogP contribution in [0.25, 0.3) is 0 Å². The highest BCUT2D eigenvalue weighted by Gasteiger charge is 2.20. The number of aryl methyl sites for hydroxylation is 1. The van der Waals surface area contributed by atoms with Gasteiger partial charge in [-0.15, -0.1) is 0 Å². The maximum absolute atomic E-state index is 12.4. The molecule has 0 radical (unpaired) electrons. The van der Waals surface area contributed by atoms with Crippen molar-refractivity contribution in [3.8, 4) is 0 Å². The second-order valence-electron chi connectivity index (χ2n) is 4.87. The van der Waals surface area contributed by atoms with Gasteiger partial charge < -0.3 is 5.73 Å². The van der Waals surface area contributed by atoms with Gasteiger partial charge >= 0.3 is 0 Å². The van der Waals surface area contributed by atoms with Gasteiger partial charge in [-0.25, -0.2) is 8.42 Å². The van der Waals surface area contributed by atoms with E-state index in [1.807, 2.05) is 31.2 Å². The first-order valence-electron chi connectivity index (χ1n) is 6.29. The molecule has 3 nitrogen and oxygen atoms in total. The van der Waals surface area contributed by atoms with E-state index in [0.29, 0.717) is 5.02 Å². The van der Waals surface area contributed by atoms with Crippen LogP contribution in [-0.4, -0.2) is 14.2 Å². The molecule has 0 amide bonds. The molecule has 0 fully saturated rings. The Labute approximate surface area is 134 Å². The van der Waals surface area contributed by atoms with Crippen LogP contribution in [-0.2, 0) is 9.84 Å². The Kier molecular flexibility index (Phi) is 4.94. The van der Waals surface area contributed by atoms with Crippen molar-refractivity contribution >= 4 is 33.0 Å². The average molecular weight is 344 g/mol. The standard InChI is InChI=1S/C15H15Cl2NO2S/c1-10-2-4-11(5-3-10)15(18)9-21(19,20)12-6-7-13(16)14(17)8-12/h2-8,15H,9,18H2,1H3. The van der Waals surface area contributed by atoms with Crippen LogP contribution in [0.2, 0.25) is 10.0 Å². The molecule has 0 spiro atoms. The van der Waals surface area contributed by atoms with Gasteiger partial charge in [0.05, 0.1) is 20.7 Å². The Bertz CT molecular complexity index is 743. The highest BCUT2D eigenvalue weighted by atomic mass is 35.5. The number of rotatable bonds is 4. The minimum absolute atomic E-state index is 0.125. The molecule has 2 rings (SSSR count). The Morgan fingerprint density at radius 2 is 1.67 bits per heavy atom. The van der Waals surface area contributed by atoms with Gasteiger partial charge in [0, 0.05) is 6.04 Å². The van der Waals surface area contributed by atoms with Crippen molar-refractivity contribution in [1.82, 2.24) is 0 Å². The second kappa shape index (κ2) is 6.36. The molecule has 0 saturated carbocycles. The highest BCUT2D eigenvalue weighted by Crippen LogP contribution is 2.26. The molecular formula is C15H15Cl2NO2S. The molecule has 6 heteroatoms. The second-order valence-corrected chi connectivity index (χ2v) is 7.72. The summed E-state index contributed by atoms with van der Waals surface area (Å²) in [6.07, 6.45) is 0. The summed E-state index contributed by atoms with van der Waals surface area (Å²) in [5, 5.41) is 0.528. The van der Waals surface area contributed by atoms with Crippen LogP contribution < -0.4 is 5.73 Å². The van der Waals surface area contributed by atoms with Crippen LogP contribution in [0.15, 0.2) is 47.4 Å². The molecule has 0 heterocycles. The summed E-state index contributed by atoms with van der Waals surface area (Å²) < 4.78 is 24.7. The average Bonchev–Trinajstić information content (AvgIpc) is 2.42. The number of halogens is 2. The number of hydrogen-bond acceptors (Lipinski definition) is 3. The van der Waals surface area contributed by atoms with E-state index < -0.39 is 15.9 Å². The first kappa shape index (κ1) is 16.3. The van der Waals surface area contributed by atoms with E-state index in [1.54, 1.807) is 0 Å². The zero-order valence-electron chi connectivity index (χ0n) is 11.4. The van der Waals surface area contributed by atoms with Gasteiger partial charge in [0.25, 0.3) is 0 Å². The minimum atomic E-state index is -3.53. The topological polar surface area (TPSA) is 60.2 Å². The van der Waals surface area contributed by atoms with Crippen molar-refractivity contribution in [3.63, 3.8) is 0 Å². The third-order valence-corrected chi connectivity index (χ3v) is 5.66. The fraction of sp³-hybridized carbons (Fsp3) is 0.200. The number of hydrogen-bond donors (Lipinski definition) is 1. The molecule has 2 N–H and O–H groups in total. The maximum atomic E-state index is 12.4. The van der Waals surface area contributed by atoms with Crippen molar-refractivity contribution in [2.24, 2.45) is 5.73 Å². The van der Waals surface area contributed by atoms with Gasteiger partial charge in [-0.1, -0.05) is 53.0 Å². The Hall–Kier alpha value is -1.07. The molecule has 0 saturated heterocycles. The summed E-state index contributed by atoms with van der Waals surface area (Å²) in [6.45, 7) is 1.96. The minimum Gasteiger partial charge on any atom is -0.323 e. The molecule has 0 aliphatic rings. The summed E-state index contributed by atoms with van der Waals surface area (Å²) in [4.78, 5) is 0.125. The van der Waals surface area contributed by atoms with E-state index in [0.717, 1.165) is 11.1 Å². The van der Waals surface area contributed by atoms with E-state index in [4.69, 9.17) is 28.9 Å². The van der Waals surface area contributed by atoms with Crippen LogP contribution in [0.4, 0.5) is 0 Å². The van der Waals surface area contributed by atoms with Gasteiger partial charge in [-0.05, 0) is 30.7 Å². The molecule has 2 aromatic carbocycles. The van der Waals surface area contributed by atoms with Crippen LogP contribution in [0.5, 0.6) is 0 Å². The van der Waals surface area contributed by atoms with Gasteiger partial charge in [0.15, 0.2) is 9.84 Å². The van der Waals surface area contributed by atoms with Gasteiger partial charge in [0.2, 0.25) is 0 Å². The molecule has 1 atom stereocenters. The third-order valence-electron chi connectivity index (χ3n) is 3.15. The van der Waals surface area contributed by atoms with Crippen molar-refractivity contribution in [2.45, 2.75) is 17.9 Å². The quantitative estimate of drug-likeness (QED) is 0.918. The smallest absolute Gasteiger partial charge is 0.180 e. The molecule has 0 aromatic heterocycles. The highest BCUT2D eigenvalue weighted by molar-refractivity contribution is 7.91. The zero-order valence-corrected chi connectivity index (χ0v) is 13.7. The normalized spacial score (nSPS) is 13.1. The monoisotopic (exact) mass is 343 g/mol. The lowest BCUT2D eigenvalue weighted by molar-refractivity contribution is 0.589. The number of nitrogens with two attached hydrogens (primary N) is 1. The van der Waals surface area contributed by atoms with Crippen molar-refractivity contribution in [3.05, 3.63) is 63.6 Å². The zero-order chi connectivity index (χ0) is 15.6. The van der Waals surface area contributed by atoms with Crippen LogP contribution in [0.1, 0.15) is 17.2 Å². The van der Waals surface area contributed by atoms with Crippen molar-refractivity contribution < 1.29 is 8.42 Å². The van der Waals surface area contributed by atoms with E-state index in [-0.39, 0.29) is 15.7 Å². The lowest BCUT2D eigenvalue weighted by Crippen LogP contribution is -2.21. The predicted octanol–water partition coefficient (Wildman–Crippen LogP) is 3.78. The van der Waals surface area contributed by atoms with E-state index in [1.165, 1.54) is 18.2 Å². The molecule has 2 aromatic rings. The molecule has 112 valence electrons. The molecule has 21 heavy (non-hydrogen) atoms. The summed E-state index contributed by atoms with van der Waals surface area (Å²) in [5.41, 5.74) is 7.88. The summed E-state index contributed by atoms with van der Waals surface area (Å²) >= 11 is 11.7. The summed E-state index contributed by atoms with van der Waals surface area (Å²) in [6, 6.07) is 11.1. The first-order chi connectivity index (χ1) is 9.79. The first-order valence-corrected chi connectivity index (χ1v) is 8.70. The molecule has 0 bridgehead atoms. The number of benzene rings is 2. The van der Waals surface area contributed by atoms with E-state index in [2.05, 4.69) is 0 Å². The summed E-state index contributed by atoms with van der Waals surface area (Å²) in [5.74, 6) is -0.186. The third kappa shape index (κ3) is 3.98. The largest absolute Gasteiger partial charge is 0.323 e. The van der Waals surface area contributed by atoms with Gasteiger partial charge in [-0.2, -0.15) is 0 Å². The number of sulfone groups is 1. The van der Waals surface area contributed by atoms with Gasteiger partial charge in [0.1, 0.15) is 0 Å². The summed E-state index contributed by atoms with van der Waals surface area (Å²) in [7, 11) is -3.53. The van der Waals surface area contributed by atoms with Crippen molar-refractivity contribution in [2.75, 3.05) is 5.75 Å². The molecular weight excluding hydrogens is 329 g/mol. The fourth-order valence-electron chi connectivity index (χ4n) is 1.91. The predicted molar refractivity (Wildman–Crippen MR) is 86.6 cm³/mol. The molecule has 0 aliphatic carbocycles. The van der Waals surface area contributed by atoms with Crippen LogP contribution in [0, 0.1) is 6.92 Å². The van der Waals surface area contributed by atoms with Crippen LogP contribution >= 0.6 is 23.2 Å². The lowest BCUT2D eigenvalue weighted by atomic mass is 10.1. The Morgan fingerprint density at radius 3 is 2.24 bits per heavy atom. The Morgan fingerprint density at radius 1 is 1.05 bits per heavy atom. The fourth-order valence-corrected chi connectivity index (χ4v) is 3.71. The maximum Gasteiger partial charge on any atom is 0.180 e. The molecule has 0 aliphatic heterocycles.